The molecule has 1 aromatic rings. The van der Waals surface area contributed by atoms with Gasteiger partial charge in [0, 0.05) is 27.1 Å². The quantitative estimate of drug-likeness (QED) is 0.367. The first-order chi connectivity index (χ1) is 14.0. The summed E-state index contributed by atoms with van der Waals surface area (Å²) in [6, 6.07) is 6.43. The van der Waals surface area contributed by atoms with Gasteiger partial charge in [-0.2, -0.15) is 5.10 Å². The number of rotatable bonds is 8. The van der Waals surface area contributed by atoms with Crippen LogP contribution >= 0.6 is 0 Å². The third kappa shape index (κ3) is 5.79. The SMILES string of the molecule is C/C(=N/NC(=O)CCN1C(=O)NC(C)(C)C1=O)c1ccc(OCC(=O)N(C)C)cc1. The summed E-state index contributed by atoms with van der Waals surface area (Å²) >= 11 is 0. The minimum absolute atomic E-state index is 0.0216. The van der Waals surface area contributed by atoms with Gasteiger partial charge >= 0.3 is 6.03 Å². The molecule has 162 valence electrons. The van der Waals surface area contributed by atoms with Gasteiger partial charge in [-0.3, -0.25) is 19.3 Å². The Balaban J connectivity index is 1.84. The number of carbonyl (C=O) groups is 4. The summed E-state index contributed by atoms with van der Waals surface area (Å²) in [7, 11) is 3.31. The maximum absolute atomic E-state index is 12.1. The number of likely N-dealkylation sites (N-methyl/N-ethyl adjacent to an activating group) is 1. The summed E-state index contributed by atoms with van der Waals surface area (Å²) in [5.41, 5.74) is 2.79. The fourth-order valence-electron chi connectivity index (χ4n) is 2.57. The topological polar surface area (TPSA) is 120 Å². The van der Waals surface area contributed by atoms with Crippen LogP contribution in [-0.4, -0.2) is 72.1 Å². The van der Waals surface area contributed by atoms with Crippen LogP contribution in [0.25, 0.3) is 0 Å². The van der Waals surface area contributed by atoms with Crippen molar-refractivity contribution in [1.82, 2.24) is 20.5 Å². The Morgan fingerprint density at radius 2 is 1.83 bits per heavy atom. The fraction of sp³-hybridized carbons (Fsp3) is 0.450. The van der Waals surface area contributed by atoms with Gasteiger partial charge in [0.05, 0.1) is 5.71 Å². The van der Waals surface area contributed by atoms with Crippen molar-refractivity contribution < 1.29 is 23.9 Å². The lowest BCUT2D eigenvalue weighted by Gasteiger charge is -2.15. The van der Waals surface area contributed by atoms with Gasteiger partial charge < -0.3 is 15.0 Å². The second-order valence-electron chi connectivity index (χ2n) is 7.60. The van der Waals surface area contributed by atoms with Gasteiger partial charge in [-0.15, -0.1) is 0 Å². The Morgan fingerprint density at radius 1 is 1.20 bits per heavy atom. The zero-order valence-electron chi connectivity index (χ0n) is 17.8. The second kappa shape index (κ2) is 9.38. The van der Waals surface area contributed by atoms with Crippen molar-refractivity contribution >= 4 is 29.5 Å². The normalized spacial score (nSPS) is 15.6. The van der Waals surface area contributed by atoms with E-state index in [0.29, 0.717) is 11.5 Å². The number of amides is 5. The molecule has 2 N–H and O–H groups in total. The minimum atomic E-state index is -0.960. The molecule has 1 fully saturated rings. The van der Waals surface area contributed by atoms with E-state index in [4.69, 9.17) is 4.74 Å². The summed E-state index contributed by atoms with van der Waals surface area (Å²) in [6.45, 7) is 4.87. The molecule has 10 nitrogen and oxygen atoms in total. The molecule has 0 unspecified atom stereocenters. The van der Waals surface area contributed by atoms with Crippen LogP contribution in [0, 0.1) is 0 Å². The van der Waals surface area contributed by atoms with Gasteiger partial charge in [-0.1, -0.05) is 0 Å². The van der Waals surface area contributed by atoms with Crippen molar-refractivity contribution in [3.8, 4) is 5.75 Å². The average molecular weight is 417 g/mol. The van der Waals surface area contributed by atoms with E-state index in [2.05, 4.69) is 15.8 Å². The molecule has 1 saturated heterocycles. The summed E-state index contributed by atoms with van der Waals surface area (Å²) in [5.74, 6) is -0.380. The molecule has 10 heteroatoms. The van der Waals surface area contributed by atoms with Crippen LogP contribution in [0.4, 0.5) is 4.79 Å². The van der Waals surface area contributed by atoms with Crippen LogP contribution in [0.1, 0.15) is 32.8 Å². The first-order valence-electron chi connectivity index (χ1n) is 9.42. The largest absolute Gasteiger partial charge is 0.484 e. The number of carbonyl (C=O) groups excluding carboxylic acids is 4. The maximum atomic E-state index is 12.1. The second-order valence-corrected chi connectivity index (χ2v) is 7.60. The van der Waals surface area contributed by atoms with Crippen molar-refractivity contribution in [1.29, 1.82) is 0 Å². The van der Waals surface area contributed by atoms with Crippen LogP contribution in [0.15, 0.2) is 29.4 Å². The van der Waals surface area contributed by atoms with E-state index in [-0.39, 0.29) is 31.4 Å². The Labute approximate surface area is 175 Å². The molecule has 5 amide bonds. The Morgan fingerprint density at radius 3 is 2.37 bits per heavy atom. The van der Waals surface area contributed by atoms with E-state index >= 15 is 0 Å². The molecule has 1 aliphatic rings. The number of ether oxygens (including phenoxy) is 1. The van der Waals surface area contributed by atoms with Crippen LogP contribution < -0.4 is 15.5 Å². The number of imide groups is 1. The molecule has 0 saturated carbocycles. The number of hydrazone groups is 1. The zero-order valence-corrected chi connectivity index (χ0v) is 17.8. The van der Waals surface area contributed by atoms with Crippen molar-refractivity contribution in [3.05, 3.63) is 29.8 Å². The van der Waals surface area contributed by atoms with Crippen molar-refractivity contribution in [2.24, 2.45) is 5.10 Å². The van der Waals surface area contributed by atoms with Gasteiger partial charge in [0.25, 0.3) is 11.8 Å². The fourth-order valence-corrected chi connectivity index (χ4v) is 2.57. The Kier molecular flexibility index (Phi) is 7.14. The lowest BCUT2D eigenvalue weighted by Crippen LogP contribution is -2.40. The van der Waals surface area contributed by atoms with E-state index in [1.807, 2.05) is 0 Å². The number of nitrogens with one attached hydrogen (secondary N) is 2. The first kappa shape index (κ1) is 22.9. The predicted molar refractivity (Wildman–Crippen MR) is 110 cm³/mol. The van der Waals surface area contributed by atoms with E-state index in [0.717, 1.165) is 10.5 Å². The summed E-state index contributed by atoms with van der Waals surface area (Å²) in [6.07, 6.45) is -0.0568. The van der Waals surface area contributed by atoms with Crippen molar-refractivity contribution in [3.63, 3.8) is 0 Å². The molecule has 0 aliphatic carbocycles. The zero-order chi connectivity index (χ0) is 22.5. The predicted octanol–water partition coefficient (Wildman–Crippen LogP) is 0.714. The summed E-state index contributed by atoms with van der Waals surface area (Å²) < 4.78 is 5.41. The van der Waals surface area contributed by atoms with E-state index in [9.17, 15) is 19.2 Å². The maximum Gasteiger partial charge on any atom is 0.325 e. The van der Waals surface area contributed by atoms with Crippen LogP contribution in [-0.2, 0) is 14.4 Å². The molecule has 0 spiro atoms. The molecule has 1 aromatic carbocycles. The Hall–Kier alpha value is -3.43. The average Bonchev–Trinajstić information content (AvgIpc) is 2.89. The van der Waals surface area contributed by atoms with Crippen LogP contribution in [0.2, 0.25) is 0 Å². The van der Waals surface area contributed by atoms with E-state index in [1.54, 1.807) is 59.1 Å². The van der Waals surface area contributed by atoms with Gasteiger partial charge in [0.15, 0.2) is 6.61 Å². The number of urea groups is 1. The third-order valence-electron chi connectivity index (χ3n) is 4.49. The molecule has 0 atom stereocenters. The van der Waals surface area contributed by atoms with Crippen molar-refractivity contribution in [2.75, 3.05) is 27.2 Å². The monoisotopic (exact) mass is 417 g/mol. The van der Waals surface area contributed by atoms with Crippen LogP contribution in [0.5, 0.6) is 5.75 Å². The first-order valence-corrected chi connectivity index (χ1v) is 9.42. The summed E-state index contributed by atoms with van der Waals surface area (Å²) in [4.78, 5) is 49.9. The highest BCUT2D eigenvalue weighted by molar-refractivity contribution is 6.06. The van der Waals surface area contributed by atoms with Crippen LogP contribution in [0.3, 0.4) is 0 Å². The smallest absolute Gasteiger partial charge is 0.325 e. The molecule has 0 bridgehead atoms. The molecule has 2 rings (SSSR count). The lowest BCUT2D eigenvalue weighted by atomic mass is 10.1. The number of nitrogens with zero attached hydrogens (tertiary/aromatic N) is 3. The molecular formula is C20H27N5O5. The van der Waals surface area contributed by atoms with E-state index < -0.39 is 17.5 Å². The molecule has 1 heterocycles. The van der Waals surface area contributed by atoms with Gasteiger partial charge in [-0.25, -0.2) is 10.2 Å². The lowest BCUT2D eigenvalue weighted by molar-refractivity contribution is -0.131. The van der Waals surface area contributed by atoms with Crippen molar-refractivity contribution in [2.45, 2.75) is 32.7 Å². The third-order valence-corrected chi connectivity index (χ3v) is 4.49. The number of benzene rings is 1. The molecule has 0 radical (unpaired) electrons. The minimum Gasteiger partial charge on any atom is -0.484 e. The molecular weight excluding hydrogens is 390 g/mol. The highest BCUT2D eigenvalue weighted by atomic mass is 16.5. The van der Waals surface area contributed by atoms with Gasteiger partial charge in [0.2, 0.25) is 5.91 Å². The molecule has 0 aromatic heterocycles. The summed E-state index contributed by atoms with van der Waals surface area (Å²) in [5, 5.41) is 6.61. The molecule has 30 heavy (non-hydrogen) atoms. The number of hydrogen-bond donors (Lipinski definition) is 2. The number of hydrogen-bond acceptors (Lipinski definition) is 6. The molecule has 1 aliphatic heterocycles. The highest BCUT2D eigenvalue weighted by Crippen LogP contribution is 2.16. The van der Waals surface area contributed by atoms with Gasteiger partial charge in [0.1, 0.15) is 11.3 Å². The van der Waals surface area contributed by atoms with Gasteiger partial charge in [-0.05, 0) is 50.6 Å². The van der Waals surface area contributed by atoms with E-state index in [1.165, 1.54) is 4.90 Å². The standard InChI is InChI=1S/C20H27N5O5/c1-13(14-6-8-15(9-7-14)30-12-17(27)24(4)5)22-23-16(26)10-11-25-18(28)20(2,3)21-19(25)29/h6-9H,10-12H2,1-5H3,(H,21,29)(H,23,26)/b22-13-. The highest BCUT2D eigenvalue weighted by Gasteiger charge is 2.43. The Bertz CT molecular complexity index is 861.